The molecule has 5 heterocycles. The van der Waals surface area contributed by atoms with Gasteiger partial charge in [-0.2, -0.15) is 5.10 Å². The van der Waals surface area contributed by atoms with E-state index in [2.05, 4.69) is 32.3 Å². The number of hydrogen-bond acceptors (Lipinski definition) is 7. The van der Waals surface area contributed by atoms with E-state index in [1.807, 2.05) is 23.6 Å². The standard InChI is InChI=1S/C25H35N7O4/c1-17-14-30(16-25(35)7-12-36-13-8-25)10-11-31(17)23(34)32-15-18-20(24(32,2)3)28-29-21(18)27-22(33)19-6-4-5-9-26-19/h4-6,9,17,35H,7-8,10-16H2,1-3H3,(H2,27,28,29,33)/t17-/m0/s1. The summed E-state index contributed by atoms with van der Waals surface area (Å²) < 4.78 is 5.40. The van der Waals surface area contributed by atoms with Gasteiger partial charge in [0.2, 0.25) is 0 Å². The number of anilines is 1. The Hall–Kier alpha value is -3.02. The molecule has 2 aromatic heterocycles. The maximum Gasteiger partial charge on any atom is 0.321 e. The molecule has 0 saturated carbocycles. The molecule has 0 spiro atoms. The summed E-state index contributed by atoms with van der Waals surface area (Å²) in [6, 6.07) is 5.12. The first-order chi connectivity index (χ1) is 17.2. The first kappa shape index (κ1) is 24.7. The molecule has 0 aromatic carbocycles. The Morgan fingerprint density at radius 1 is 1.25 bits per heavy atom. The van der Waals surface area contributed by atoms with Crippen molar-refractivity contribution in [1.82, 2.24) is 29.9 Å². The minimum Gasteiger partial charge on any atom is -0.388 e. The quantitative estimate of drug-likeness (QED) is 0.588. The number of aromatic nitrogens is 3. The van der Waals surface area contributed by atoms with Crippen LogP contribution < -0.4 is 5.32 Å². The van der Waals surface area contributed by atoms with E-state index in [0.29, 0.717) is 70.3 Å². The average molecular weight is 498 g/mol. The molecule has 0 bridgehead atoms. The molecular weight excluding hydrogens is 462 g/mol. The fourth-order valence-electron chi connectivity index (χ4n) is 5.54. The number of carbonyl (C=O) groups is 2. The van der Waals surface area contributed by atoms with Crippen molar-refractivity contribution in [3.63, 3.8) is 0 Å². The molecule has 1 atom stereocenters. The Kier molecular flexibility index (Phi) is 6.48. The highest BCUT2D eigenvalue weighted by Crippen LogP contribution is 2.41. The molecular formula is C25H35N7O4. The summed E-state index contributed by atoms with van der Waals surface area (Å²) >= 11 is 0. The van der Waals surface area contributed by atoms with Crippen molar-refractivity contribution >= 4 is 17.8 Å². The monoisotopic (exact) mass is 497 g/mol. The largest absolute Gasteiger partial charge is 0.388 e. The molecule has 11 nitrogen and oxygen atoms in total. The Morgan fingerprint density at radius 2 is 2.03 bits per heavy atom. The number of rotatable bonds is 4. The molecule has 0 aliphatic carbocycles. The van der Waals surface area contributed by atoms with Gasteiger partial charge in [0.1, 0.15) is 5.69 Å². The van der Waals surface area contributed by atoms with Gasteiger partial charge in [-0.25, -0.2) is 4.79 Å². The molecule has 11 heteroatoms. The molecule has 2 aromatic rings. The van der Waals surface area contributed by atoms with Crippen molar-refractivity contribution in [2.24, 2.45) is 0 Å². The zero-order valence-electron chi connectivity index (χ0n) is 21.2. The Balaban J connectivity index is 1.25. The molecule has 3 N–H and O–H groups in total. The zero-order chi connectivity index (χ0) is 25.5. The molecule has 3 aliphatic heterocycles. The van der Waals surface area contributed by atoms with Gasteiger partial charge in [0.25, 0.3) is 5.91 Å². The number of piperazine rings is 1. The topological polar surface area (TPSA) is 127 Å². The van der Waals surface area contributed by atoms with Gasteiger partial charge in [0, 0.05) is 70.0 Å². The number of urea groups is 1. The van der Waals surface area contributed by atoms with Crippen molar-refractivity contribution < 1.29 is 19.4 Å². The number of nitrogens with zero attached hydrogens (tertiary/aromatic N) is 5. The second-order valence-corrected chi connectivity index (χ2v) is 10.6. The number of pyridine rings is 1. The van der Waals surface area contributed by atoms with Crippen LogP contribution in [0.5, 0.6) is 0 Å². The predicted octanol–water partition coefficient (Wildman–Crippen LogP) is 1.78. The second-order valence-electron chi connectivity index (χ2n) is 10.6. The van der Waals surface area contributed by atoms with Gasteiger partial charge in [-0.3, -0.25) is 19.8 Å². The number of aromatic amines is 1. The van der Waals surface area contributed by atoms with Crippen LogP contribution in [0.25, 0.3) is 0 Å². The number of β-amino-alcohol motifs (C(OH)–C–C–N with tert-alkyl or cyclic N) is 1. The van der Waals surface area contributed by atoms with E-state index in [0.717, 1.165) is 11.3 Å². The highest BCUT2D eigenvalue weighted by atomic mass is 16.5. The highest BCUT2D eigenvalue weighted by molar-refractivity contribution is 6.02. The normalized spacial score (nSPS) is 23.4. The third kappa shape index (κ3) is 4.58. The van der Waals surface area contributed by atoms with E-state index in [9.17, 15) is 14.7 Å². The first-order valence-corrected chi connectivity index (χ1v) is 12.6. The average Bonchev–Trinajstić information content (AvgIpc) is 3.37. The summed E-state index contributed by atoms with van der Waals surface area (Å²) in [7, 11) is 0. The van der Waals surface area contributed by atoms with Crippen molar-refractivity contribution in [3.05, 3.63) is 41.3 Å². The minimum absolute atomic E-state index is 0.00545. The lowest BCUT2D eigenvalue weighted by atomic mass is 9.93. The van der Waals surface area contributed by atoms with Crippen molar-refractivity contribution in [2.45, 2.75) is 57.3 Å². The SMILES string of the molecule is C[C@H]1CN(CC2(O)CCOCC2)CCN1C(=O)N1Cc2c(NC(=O)c3ccccn3)n[nH]c2C1(C)C. The van der Waals surface area contributed by atoms with Gasteiger partial charge in [0.05, 0.1) is 23.4 Å². The Bertz CT molecular complexity index is 1110. The van der Waals surface area contributed by atoms with Gasteiger partial charge in [-0.1, -0.05) is 6.07 Å². The van der Waals surface area contributed by atoms with E-state index < -0.39 is 11.1 Å². The molecule has 3 amide bonds. The summed E-state index contributed by atoms with van der Waals surface area (Å²) in [6.45, 7) is 10.2. The summed E-state index contributed by atoms with van der Waals surface area (Å²) in [5.74, 6) is 0.0787. The maximum atomic E-state index is 13.7. The first-order valence-electron chi connectivity index (χ1n) is 12.6. The molecule has 36 heavy (non-hydrogen) atoms. The van der Waals surface area contributed by atoms with Crippen LogP contribution >= 0.6 is 0 Å². The Labute approximate surface area is 210 Å². The number of hydrogen-bond donors (Lipinski definition) is 3. The second kappa shape index (κ2) is 9.45. The van der Waals surface area contributed by atoms with Crippen LogP contribution in [0, 0.1) is 0 Å². The summed E-state index contributed by atoms with van der Waals surface area (Å²) in [5.41, 5.74) is 0.608. The molecule has 2 fully saturated rings. The molecule has 0 unspecified atom stereocenters. The van der Waals surface area contributed by atoms with Crippen LogP contribution in [-0.2, 0) is 16.8 Å². The smallest absolute Gasteiger partial charge is 0.321 e. The maximum absolute atomic E-state index is 13.7. The lowest BCUT2D eigenvalue weighted by Gasteiger charge is -2.46. The highest BCUT2D eigenvalue weighted by Gasteiger charge is 2.46. The van der Waals surface area contributed by atoms with Crippen LogP contribution in [0.4, 0.5) is 10.6 Å². The van der Waals surface area contributed by atoms with Crippen molar-refractivity contribution in [1.29, 1.82) is 0 Å². The third-order valence-corrected chi connectivity index (χ3v) is 7.73. The van der Waals surface area contributed by atoms with Gasteiger partial charge in [0.15, 0.2) is 5.82 Å². The zero-order valence-corrected chi connectivity index (χ0v) is 21.2. The fraction of sp³-hybridized carbons (Fsp3) is 0.600. The fourth-order valence-corrected chi connectivity index (χ4v) is 5.54. The number of ether oxygens (including phenoxy) is 1. The lowest BCUT2D eigenvalue weighted by molar-refractivity contribution is -0.0859. The number of carbonyl (C=O) groups excluding carboxylic acids is 2. The third-order valence-electron chi connectivity index (χ3n) is 7.73. The van der Waals surface area contributed by atoms with Gasteiger partial charge in [-0.15, -0.1) is 0 Å². The summed E-state index contributed by atoms with van der Waals surface area (Å²) in [4.78, 5) is 36.5. The number of fused-ring (bicyclic) bond motifs is 1. The summed E-state index contributed by atoms with van der Waals surface area (Å²) in [6.07, 6.45) is 2.86. The van der Waals surface area contributed by atoms with Gasteiger partial charge < -0.3 is 25.0 Å². The van der Waals surface area contributed by atoms with Crippen molar-refractivity contribution in [2.75, 3.05) is 44.7 Å². The minimum atomic E-state index is -0.715. The lowest BCUT2D eigenvalue weighted by Crippen LogP contribution is -2.60. The molecule has 5 rings (SSSR count). The molecule has 2 saturated heterocycles. The summed E-state index contributed by atoms with van der Waals surface area (Å²) in [5, 5.41) is 21.1. The van der Waals surface area contributed by atoms with Crippen LogP contribution in [0.1, 0.15) is 55.4 Å². The molecule has 194 valence electrons. The number of nitrogens with one attached hydrogen (secondary N) is 2. The van der Waals surface area contributed by atoms with Crippen molar-refractivity contribution in [3.8, 4) is 0 Å². The predicted molar refractivity (Wildman–Crippen MR) is 132 cm³/mol. The van der Waals surface area contributed by atoms with E-state index in [1.54, 1.807) is 24.4 Å². The Morgan fingerprint density at radius 3 is 2.72 bits per heavy atom. The number of amides is 3. The molecule has 3 aliphatic rings. The van der Waals surface area contributed by atoms with Crippen LogP contribution in [0.2, 0.25) is 0 Å². The number of H-pyrrole nitrogens is 1. The number of aliphatic hydroxyl groups is 1. The van der Waals surface area contributed by atoms with Gasteiger partial charge in [-0.05, 0) is 32.9 Å². The van der Waals surface area contributed by atoms with E-state index in [-0.39, 0.29) is 18.0 Å². The van der Waals surface area contributed by atoms with E-state index in [1.165, 1.54) is 0 Å². The van der Waals surface area contributed by atoms with Crippen LogP contribution in [-0.4, -0.2) is 98.0 Å². The van der Waals surface area contributed by atoms with E-state index in [4.69, 9.17) is 4.74 Å². The van der Waals surface area contributed by atoms with E-state index >= 15 is 0 Å². The van der Waals surface area contributed by atoms with Crippen LogP contribution in [0.3, 0.4) is 0 Å². The van der Waals surface area contributed by atoms with Gasteiger partial charge >= 0.3 is 6.03 Å². The molecule has 0 radical (unpaired) electrons. The van der Waals surface area contributed by atoms with Crippen LogP contribution in [0.15, 0.2) is 24.4 Å².